The Labute approximate surface area is 115 Å². The Balaban J connectivity index is 1.73. The van der Waals surface area contributed by atoms with Crippen LogP contribution in [-0.4, -0.2) is 33.4 Å². The van der Waals surface area contributed by atoms with E-state index in [1.54, 1.807) is 28.6 Å². The van der Waals surface area contributed by atoms with Crippen LogP contribution in [0.3, 0.4) is 0 Å². The average Bonchev–Trinajstić information content (AvgIpc) is 2.97. The molecule has 0 saturated heterocycles. The summed E-state index contributed by atoms with van der Waals surface area (Å²) in [6, 6.07) is 0.485. The van der Waals surface area contributed by atoms with Gasteiger partial charge in [-0.1, -0.05) is 23.1 Å². The summed E-state index contributed by atoms with van der Waals surface area (Å²) in [5.41, 5.74) is 6.66. The van der Waals surface area contributed by atoms with Crippen molar-refractivity contribution >= 4 is 29.0 Å². The van der Waals surface area contributed by atoms with Crippen molar-refractivity contribution in [2.45, 2.75) is 48.5 Å². The molecule has 1 unspecified atom stereocenters. The van der Waals surface area contributed by atoms with Crippen molar-refractivity contribution < 1.29 is 4.79 Å². The van der Waals surface area contributed by atoms with Gasteiger partial charge < -0.3 is 11.1 Å². The van der Waals surface area contributed by atoms with Crippen molar-refractivity contribution in [3.8, 4) is 0 Å². The number of nitrogens with one attached hydrogen (secondary N) is 1. The molecule has 0 spiro atoms. The fourth-order valence-corrected chi connectivity index (χ4v) is 3.25. The summed E-state index contributed by atoms with van der Waals surface area (Å²) in [7, 11) is 0. The highest BCUT2D eigenvalue weighted by Gasteiger charge is 2.36. The van der Waals surface area contributed by atoms with Gasteiger partial charge in [-0.3, -0.25) is 4.79 Å². The maximum absolute atomic E-state index is 11.5. The Bertz CT molecular complexity index is 394. The van der Waals surface area contributed by atoms with Crippen molar-refractivity contribution in [2.24, 2.45) is 5.73 Å². The van der Waals surface area contributed by atoms with Crippen LogP contribution in [0.25, 0.3) is 0 Å². The lowest BCUT2D eigenvalue weighted by molar-refractivity contribution is -0.124. The fourth-order valence-electron chi connectivity index (χ4n) is 1.76. The van der Waals surface area contributed by atoms with Crippen molar-refractivity contribution in [1.29, 1.82) is 0 Å². The van der Waals surface area contributed by atoms with E-state index in [-0.39, 0.29) is 5.91 Å². The van der Waals surface area contributed by atoms with Crippen molar-refractivity contribution in [2.75, 3.05) is 5.75 Å². The molecule has 1 aliphatic carbocycles. The summed E-state index contributed by atoms with van der Waals surface area (Å²) >= 11 is 3.22. The maximum Gasteiger partial charge on any atom is 0.237 e. The predicted molar refractivity (Wildman–Crippen MR) is 73.6 cm³/mol. The van der Waals surface area contributed by atoms with E-state index in [9.17, 15) is 4.79 Å². The van der Waals surface area contributed by atoms with Gasteiger partial charge >= 0.3 is 0 Å². The first-order valence-corrected chi connectivity index (χ1v) is 7.93. The van der Waals surface area contributed by atoms with Crippen LogP contribution in [-0.2, 0) is 4.79 Å². The highest BCUT2D eigenvalue weighted by Crippen LogP contribution is 2.26. The van der Waals surface area contributed by atoms with Gasteiger partial charge in [0.05, 0.1) is 5.54 Å². The summed E-state index contributed by atoms with van der Waals surface area (Å²) in [6.45, 7) is 1.91. The van der Waals surface area contributed by atoms with E-state index in [2.05, 4.69) is 15.5 Å². The molecule has 2 rings (SSSR count). The van der Waals surface area contributed by atoms with E-state index in [4.69, 9.17) is 5.73 Å². The summed E-state index contributed by atoms with van der Waals surface area (Å²) in [6.07, 6.45) is 4.01. The zero-order valence-electron chi connectivity index (χ0n) is 10.4. The lowest BCUT2D eigenvalue weighted by Gasteiger charge is -2.27. The van der Waals surface area contributed by atoms with Gasteiger partial charge in [0.2, 0.25) is 5.91 Å². The van der Waals surface area contributed by atoms with Crippen LogP contribution < -0.4 is 11.1 Å². The average molecular weight is 286 g/mol. The first-order valence-electron chi connectivity index (χ1n) is 6.07. The molecule has 1 saturated carbocycles. The number of amides is 1. The van der Waals surface area contributed by atoms with Gasteiger partial charge in [-0.2, -0.15) is 0 Å². The van der Waals surface area contributed by atoms with E-state index in [0.29, 0.717) is 6.04 Å². The topological polar surface area (TPSA) is 80.9 Å². The molecule has 1 aromatic rings. The quantitative estimate of drug-likeness (QED) is 0.558. The molecule has 1 heterocycles. The number of primary amides is 1. The lowest BCUT2D eigenvalue weighted by atomic mass is 9.95. The molecule has 0 aliphatic heterocycles. The Hall–Kier alpha value is -0.660. The lowest BCUT2D eigenvalue weighted by Crippen LogP contribution is -2.54. The minimum absolute atomic E-state index is 0.254. The standard InChI is InChI=1S/C11H18N4OS2/c1-11(9(12)16,14-8-3-4-8)5-2-6-17-10-15-13-7-18-10/h7-8,14H,2-6H2,1H3,(H2,12,16). The second-order valence-corrected chi connectivity index (χ2v) is 6.95. The molecule has 1 aliphatic rings. The van der Waals surface area contributed by atoms with E-state index in [0.717, 1.165) is 35.8 Å². The third-order valence-corrected chi connectivity index (χ3v) is 4.98. The van der Waals surface area contributed by atoms with Gasteiger partial charge in [-0.15, -0.1) is 10.2 Å². The van der Waals surface area contributed by atoms with E-state index < -0.39 is 5.54 Å². The number of hydrogen-bond donors (Lipinski definition) is 2. The third kappa shape index (κ3) is 3.93. The number of rotatable bonds is 8. The molecule has 1 fully saturated rings. The van der Waals surface area contributed by atoms with Crippen LogP contribution in [0.1, 0.15) is 32.6 Å². The molecular weight excluding hydrogens is 268 g/mol. The zero-order chi connectivity index (χ0) is 13.0. The Kier molecular flexibility index (Phi) is 4.58. The summed E-state index contributed by atoms with van der Waals surface area (Å²) < 4.78 is 0.978. The molecule has 0 radical (unpaired) electrons. The number of nitrogens with zero attached hydrogens (tertiary/aromatic N) is 2. The number of aromatic nitrogens is 2. The molecule has 1 aromatic heterocycles. The second kappa shape index (κ2) is 5.99. The highest BCUT2D eigenvalue weighted by molar-refractivity contribution is 8.00. The van der Waals surface area contributed by atoms with Crippen molar-refractivity contribution in [3.63, 3.8) is 0 Å². The summed E-state index contributed by atoms with van der Waals surface area (Å²) in [5, 5.41) is 11.1. The van der Waals surface area contributed by atoms with Crippen LogP contribution >= 0.6 is 23.1 Å². The number of nitrogens with two attached hydrogens (primary N) is 1. The van der Waals surface area contributed by atoms with Crippen LogP contribution in [0.15, 0.2) is 9.85 Å². The van der Waals surface area contributed by atoms with E-state index in [1.807, 2.05) is 6.92 Å². The first kappa shape index (κ1) is 13.8. The van der Waals surface area contributed by atoms with Gasteiger partial charge in [0, 0.05) is 11.8 Å². The predicted octanol–water partition coefficient (Wildman–Crippen LogP) is 1.41. The van der Waals surface area contributed by atoms with Crippen LogP contribution in [0.5, 0.6) is 0 Å². The largest absolute Gasteiger partial charge is 0.368 e. The molecule has 100 valence electrons. The van der Waals surface area contributed by atoms with Gasteiger partial charge in [-0.05, 0) is 32.6 Å². The normalized spacial score (nSPS) is 18.5. The van der Waals surface area contributed by atoms with E-state index in [1.165, 1.54) is 0 Å². The first-order chi connectivity index (χ1) is 8.60. The molecule has 3 N–H and O–H groups in total. The number of thioether (sulfide) groups is 1. The molecule has 1 amide bonds. The number of carbonyl (C=O) groups excluding carboxylic acids is 1. The Morgan fingerprint density at radius 3 is 3.06 bits per heavy atom. The number of carbonyl (C=O) groups is 1. The van der Waals surface area contributed by atoms with Gasteiger partial charge in [0.15, 0.2) is 4.34 Å². The second-order valence-electron chi connectivity index (χ2n) is 4.77. The Morgan fingerprint density at radius 2 is 2.50 bits per heavy atom. The molecule has 5 nitrogen and oxygen atoms in total. The third-order valence-electron chi connectivity index (χ3n) is 3.03. The van der Waals surface area contributed by atoms with Gasteiger partial charge in [0.25, 0.3) is 0 Å². The molecule has 18 heavy (non-hydrogen) atoms. The molecule has 0 aromatic carbocycles. The minimum atomic E-state index is -0.567. The minimum Gasteiger partial charge on any atom is -0.368 e. The summed E-state index contributed by atoms with van der Waals surface area (Å²) in [4.78, 5) is 11.5. The molecular formula is C11H18N4OS2. The van der Waals surface area contributed by atoms with E-state index >= 15 is 0 Å². The zero-order valence-corrected chi connectivity index (χ0v) is 12.0. The highest BCUT2D eigenvalue weighted by atomic mass is 32.2. The maximum atomic E-state index is 11.5. The molecule has 7 heteroatoms. The van der Waals surface area contributed by atoms with Crippen molar-refractivity contribution in [3.05, 3.63) is 5.51 Å². The monoisotopic (exact) mass is 286 g/mol. The van der Waals surface area contributed by atoms with Gasteiger partial charge in [0.1, 0.15) is 5.51 Å². The Morgan fingerprint density at radius 1 is 1.72 bits per heavy atom. The SMILES string of the molecule is CC(CCCSc1nncs1)(NC1CC1)C(N)=O. The number of hydrogen-bond acceptors (Lipinski definition) is 6. The van der Waals surface area contributed by atoms with Crippen LogP contribution in [0.4, 0.5) is 0 Å². The smallest absolute Gasteiger partial charge is 0.237 e. The molecule has 1 atom stereocenters. The molecule has 0 bridgehead atoms. The van der Waals surface area contributed by atoms with Crippen molar-refractivity contribution in [1.82, 2.24) is 15.5 Å². The van der Waals surface area contributed by atoms with Gasteiger partial charge in [-0.25, -0.2) is 0 Å². The van der Waals surface area contributed by atoms with Crippen LogP contribution in [0, 0.1) is 0 Å². The summed E-state index contributed by atoms with van der Waals surface area (Å²) in [5.74, 6) is 0.681. The fraction of sp³-hybridized carbons (Fsp3) is 0.727. The van der Waals surface area contributed by atoms with Crippen LogP contribution in [0.2, 0.25) is 0 Å².